The van der Waals surface area contributed by atoms with E-state index in [4.69, 9.17) is 0 Å². The molecule has 5 nitrogen and oxygen atoms in total. The predicted molar refractivity (Wildman–Crippen MR) is 77.4 cm³/mol. The highest BCUT2D eigenvalue weighted by atomic mass is 16.4. The second kappa shape index (κ2) is 5.95. The molecule has 2 rings (SSSR count). The third kappa shape index (κ3) is 2.73. The molecule has 1 aliphatic rings. The molecule has 0 radical (unpaired) electrons. The SMILES string of the molecule is CCCC1(C(=O)O)CCN(C(C)c2ccnn2C)CC1. The van der Waals surface area contributed by atoms with Crippen LogP contribution in [0.2, 0.25) is 0 Å². The fourth-order valence-corrected chi connectivity index (χ4v) is 3.37. The molecule has 20 heavy (non-hydrogen) atoms. The van der Waals surface area contributed by atoms with Crippen molar-refractivity contribution in [2.24, 2.45) is 12.5 Å². The van der Waals surface area contributed by atoms with Gasteiger partial charge in [-0.1, -0.05) is 13.3 Å². The molecule has 112 valence electrons. The number of likely N-dealkylation sites (tertiary alicyclic amines) is 1. The monoisotopic (exact) mass is 279 g/mol. The molecule has 1 aromatic heterocycles. The molecule has 0 bridgehead atoms. The minimum atomic E-state index is -0.618. The Morgan fingerprint density at radius 3 is 2.60 bits per heavy atom. The van der Waals surface area contributed by atoms with Gasteiger partial charge in [0.15, 0.2) is 0 Å². The van der Waals surface area contributed by atoms with Crippen LogP contribution in [0.15, 0.2) is 12.3 Å². The number of piperidine rings is 1. The first-order valence-corrected chi connectivity index (χ1v) is 7.45. The molecule has 1 atom stereocenters. The van der Waals surface area contributed by atoms with Crippen LogP contribution in [-0.2, 0) is 11.8 Å². The fraction of sp³-hybridized carbons (Fsp3) is 0.733. The van der Waals surface area contributed by atoms with E-state index < -0.39 is 11.4 Å². The molecular formula is C15H25N3O2. The van der Waals surface area contributed by atoms with Gasteiger partial charge in [-0.2, -0.15) is 5.10 Å². The van der Waals surface area contributed by atoms with Gasteiger partial charge < -0.3 is 5.11 Å². The van der Waals surface area contributed by atoms with Crippen molar-refractivity contribution < 1.29 is 9.90 Å². The first-order valence-electron chi connectivity index (χ1n) is 7.45. The molecule has 0 spiro atoms. The lowest BCUT2D eigenvalue weighted by Gasteiger charge is -2.41. The maximum Gasteiger partial charge on any atom is 0.309 e. The van der Waals surface area contributed by atoms with E-state index in [1.165, 1.54) is 5.69 Å². The zero-order chi connectivity index (χ0) is 14.8. The highest BCUT2D eigenvalue weighted by Crippen LogP contribution is 2.38. The third-order valence-electron chi connectivity index (χ3n) is 4.77. The molecule has 1 aromatic rings. The minimum Gasteiger partial charge on any atom is -0.481 e. The number of carbonyl (C=O) groups is 1. The van der Waals surface area contributed by atoms with Crippen LogP contribution in [0.25, 0.3) is 0 Å². The maximum absolute atomic E-state index is 11.6. The van der Waals surface area contributed by atoms with E-state index in [9.17, 15) is 9.90 Å². The van der Waals surface area contributed by atoms with Gasteiger partial charge in [-0.3, -0.25) is 14.4 Å². The number of hydrogen-bond acceptors (Lipinski definition) is 3. The van der Waals surface area contributed by atoms with Gasteiger partial charge in [0.1, 0.15) is 0 Å². The molecule has 0 saturated carbocycles. The Labute approximate surface area is 120 Å². The summed E-state index contributed by atoms with van der Waals surface area (Å²) in [6.07, 6.45) is 5.03. The minimum absolute atomic E-state index is 0.288. The van der Waals surface area contributed by atoms with Crippen molar-refractivity contribution >= 4 is 5.97 Å². The number of rotatable bonds is 5. The van der Waals surface area contributed by atoms with E-state index in [0.717, 1.165) is 38.8 Å². The van der Waals surface area contributed by atoms with E-state index in [1.807, 2.05) is 24.0 Å². The molecule has 1 aliphatic heterocycles. The van der Waals surface area contributed by atoms with Gasteiger partial charge in [-0.15, -0.1) is 0 Å². The van der Waals surface area contributed by atoms with Gasteiger partial charge in [-0.25, -0.2) is 0 Å². The Hall–Kier alpha value is -1.36. The average molecular weight is 279 g/mol. The second-order valence-electron chi connectivity index (χ2n) is 5.93. The molecule has 2 heterocycles. The number of aryl methyl sites for hydroxylation is 1. The summed E-state index contributed by atoms with van der Waals surface area (Å²) < 4.78 is 1.90. The fourth-order valence-electron chi connectivity index (χ4n) is 3.37. The van der Waals surface area contributed by atoms with Crippen molar-refractivity contribution in [1.29, 1.82) is 0 Å². The summed E-state index contributed by atoms with van der Waals surface area (Å²) in [6.45, 7) is 5.93. The largest absolute Gasteiger partial charge is 0.481 e. The van der Waals surface area contributed by atoms with Crippen LogP contribution in [0.4, 0.5) is 0 Å². The number of aromatic nitrogens is 2. The summed E-state index contributed by atoms with van der Waals surface area (Å²) in [4.78, 5) is 14.0. The molecule has 1 fully saturated rings. The Bertz CT molecular complexity index is 461. The first kappa shape index (κ1) is 15.0. The van der Waals surface area contributed by atoms with Gasteiger partial charge in [-0.05, 0) is 45.3 Å². The van der Waals surface area contributed by atoms with Crippen molar-refractivity contribution in [3.05, 3.63) is 18.0 Å². The van der Waals surface area contributed by atoms with Crippen LogP contribution in [0.3, 0.4) is 0 Å². The third-order valence-corrected chi connectivity index (χ3v) is 4.77. The number of nitrogens with zero attached hydrogens (tertiary/aromatic N) is 3. The molecule has 1 unspecified atom stereocenters. The van der Waals surface area contributed by atoms with Crippen LogP contribution >= 0.6 is 0 Å². The number of carboxylic acids is 1. The second-order valence-corrected chi connectivity index (χ2v) is 5.93. The lowest BCUT2D eigenvalue weighted by Crippen LogP contribution is -2.45. The number of hydrogen-bond donors (Lipinski definition) is 1. The van der Waals surface area contributed by atoms with Gasteiger partial charge in [0, 0.05) is 19.3 Å². The summed E-state index contributed by atoms with van der Waals surface area (Å²) in [6, 6.07) is 2.33. The quantitative estimate of drug-likeness (QED) is 0.899. The van der Waals surface area contributed by atoms with E-state index in [-0.39, 0.29) is 6.04 Å². The zero-order valence-corrected chi connectivity index (χ0v) is 12.7. The lowest BCUT2D eigenvalue weighted by atomic mass is 9.74. The Balaban J connectivity index is 2.03. The summed E-state index contributed by atoms with van der Waals surface area (Å²) in [5, 5.41) is 13.8. The summed E-state index contributed by atoms with van der Waals surface area (Å²) in [5.74, 6) is -0.618. The molecule has 1 saturated heterocycles. The molecule has 0 aromatic carbocycles. The van der Waals surface area contributed by atoms with E-state index >= 15 is 0 Å². The Kier molecular flexibility index (Phi) is 4.48. The highest BCUT2D eigenvalue weighted by Gasteiger charge is 2.41. The standard InChI is InChI=1S/C15H25N3O2/c1-4-6-15(14(19)20)7-10-18(11-8-15)12(2)13-5-9-16-17(13)3/h5,9,12H,4,6-8,10-11H2,1-3H3,(H,19,20). The highest BCUT2D eigenvalue weighted by molar-refractivity contribution is 5.74. The van der Waals surface area contributed by atoms with E-state index in [0.29, 0.717) is 0 Å². The van der Waals surface area contributed by atoms with Crippen molar-refractivity contribution in [2.75, 3.05) is 13.1 Å². The van der Waals surface area contributed by atoms with Crippen LogP contribution in [0, 0.1) is 5.41 Å². The normalized spacial score (nSPS) is 20.8. The maximum atomic E-state index is 11.6. The van der Waals surface area contributed by atoms with Gasteiger partial charge in [0.2, 0.25) is 0 Å². The van der Waals surface area contributed by atoms with E-state index in [1.54, 1.807) is 0 Å². The van der Waals surface area contributed by atoms with Gasteiger partial charge in [0.25, 0.3) is 0 Å². The van der Waals surface area contributed by atoms with Crippen LogP contribution in [0.5, 0.6) is 0 Å². The predicted octanol–water partition coefficient (Wildman–Crippen LogP) is 2.45. The average Bonchev–Trinajstić information content (AvgIpc) is 2.85. The van der Waals surface area contributed by atoms with E-state index in [2.05, 4.69) is 23.8 Å². The molecule has 0 aliphatic carbocycles. The topological polar surface area (TPSA) is 58.4 Å². The van der Waals surface area contributed by atoms with Crippen molar-refractivity contribution in [3.63, 3.8) is 0 Å². The Morgan fingerprint density at radius 2 is 2.15 bits per heavy atom. The molecular weight excluding hydrogens is 254 g/mol. The van der Waals surface area contributed by atoms with Crippen LogP contribution < -0.4 is 0 Å². The summed E-state index contributed by atoms with van der Waals surface area (Å²) in [7, 11) is 1.95. The number of aliphatic carboxylic acids is 1. The first-order chi connectivity index (χ1) is 9.50. The van der Waals surface area contributed by atoms with Crippen LogP contribution in [-0.4, -0.2) is 38.8 Å². The van der Waals surface area contributed by atoms with Crippen molar-refractivity contribution in [2.45, 2.75) is 45.6 Å². The zero-order valence-electron chi connectivity index (χ0n) is 12.7. The smallest absolute Gasteiger partial charge is 0.309 e. The Morgan fingerprint density at radius 1 is 1.50 bits per heavy atom. The summed E-state index contributed by atoms with van der Waals surface area (Å²) in [5.41, 5.74) is 0.681. The van der Waals surface area contributed by atoms with Gasteiger partial charge >= 0.3 is 5.97 Å². The van der Waals surface area contributed by atoms with Crippen molar-refractivity contribution in [1.82, 2.24) is 14.7 Å². The number of carboxylic acid groups (broad SMARTS) is 1. The van der Waals surface area contributed by atoms with Crippen molar-refractivity contribution in [3.8, 4) is 0 Å². The molecule has 5 heteroatoms. The summed E-state index contributed by atoms with van der Waals surface area (Å²) >= 11 is 0. The van der Waals surface area contributed by atoms with Gasteiger partial charge in [0.05, 0.1) is 11.1 Å². The molecule has 0 amide bonds. The van der Waals surface area contributed by atoms with Crippen LogP contribution in [0.1, 0.15) is 51.3 Å². The molecule has 1 N–H and O–H groups in total. The lowest BCUT2D eigenvalue weighted by molar-refractivity contribution is -0.153.